The van der Waals surface area contributed by atoms with E-state index in [1.54, 1.807) is 0 Å². The maximum atomic E-state index is 5.52. The number of rotatable bonds is 4. The molecule has 0 radical (unpaired) electrons. The molecule has 7 heteroatoms. The molecule has 3 aliphatic rings. The van der Waals surface area contributed by atoms with Gasteiger partial charge in [-0.25, -0.2) is 4.52 Å². The van der Waals surface area contributed by atoms with Gasteiger partial charge in [-0.15, -0.1) is 0 Å². The molecular formula is C22H28N6O. The van der Waals surface area contributed by atoms with Crippen molar-refractivity contribution in [2.45, 2.75) is 49.9 Å². The number of hydrogen-bond donors (Lipinski definition) is 0. The minimum absolute atomic E-state index is 0.476. The van der Waals surface area contributed by atoms with Gasteiger partial charge in [0.2, 0.25) is 0 Å². The van der Waals surface area contributed by atoms with Crippen LogP contribution in [0.5, 0.6) is 0 Å². The fourth-order valence-corrected chi connectivity index (χ4v) is 5.70. The van der Waals surface area contributed by atoms with E-state index in [1.807, 2.05) is 35.7 Å². The van der Waals surface area contributed by atoms with Crippen molar-refractivity contribution in [3.8, 4) is 11.1 Å². The van der Waals surface area contributed by atoms with Crippen LogP contribution in [0.2, 0.25) is 0 Å². The van der Waals surface area contributed by atoms with E-state index in [1.165, 1.54) is 42.5 Å². The second kappa shape index (κ2) is 6.57. The number of piperazine rings is 1. The Hall–Kier alpha value is -2.38. The minimum Gasteiger partial charge on any atom is -0.381 e. The summed E-state index contributed by atoms with van der Waals surface area (Å²) < 4.78 is 9.38. The normalized spacial score (nSPS) is 29.5. The summed E-state index contributed by atoms with van der Waals surface area (Å²) >= 11 is 0. The molecule has 2 aliphatic heterocycles. The summed E-state index contributed by atoms with van der Waals surface area (Å²) in [5.41, 5.74) is 4.78. The van der Waals surface area contributed by atoms with Gasteiger partial charge in [0, 0.05) is 75.1 Å². The van der Waals surface area contributed by atoms with E-state index >= 15 is 0 Å². The number of nitrogens with zero attached hydrogens (tertiary/aromatic N) is 6. The number of methoxy groups -OCH3 is 1. The molecule has 3 fully saturated rings. The largest absolute Gasteiger partial charge is 0.381 e. The lowest BCUT2D eigenvalue weighted by atomic mass is 9.86. The van der Waals surface area contributed by atoms with Gasteiger partial charge in [0.15, 0.2) is 0 Å². The fraction of sp³-hybridized carbons (Fsp3) is 0.545. The van der Waals surface area contributed by atoms with Gasteiger partial charge >= 0.3 is 0 Å². The topological polar surface area (TPSA) is 50.8 Å². The molecule has 1 aliphatic carbocycles. The molecule has 0 unspecified atom stereocenters. The van der Waals surface area contributed by atoms with Crippen molar-refractivity contribution in [2.75, 3.05) is 25.1 Å². The quantitative estimate of drug-likeness (QED) is 0.683. The molecule has 0 aromatic carbocycles. The van der Waals surface area contributed by atoms with Crippen molar-refractivity contribution >= 4 is 11.2 Å². The summed E-state index contributed by atoms with van der Waals surface area (Å²) in [6.45, 7) is 2.22. The molecule has 2 bridgehead atoms. The van der Waals surface area contributed by atoms with E-state index in [2.05, 4.69) is 44.5 Å². The Morgan fingerprint density at radius 1 is 1.00 bits per heavy atom. The summed E-state index contributed by atoms with van der Waals surface area (Å²) in [5.74, 6) is 0. The maximum Gasteiger partial charge on any atom is 0.0886 e. The molecule has 2 atom stereocenters. The van der Waals surface area contributed by atoms with Gasteiger partial charge in [0.1, 0.15) is 0 Å². The van der Waals surface area contributed by atoms with Crippen LogP contribution in [0.3, 0.4) is 0 Å². The van der Waals surface area contributed by atoms with Gasteiger partial charge in [-0.1, -0.05) is 0 Å². The molecule has 1 saturated carbocycles. The lowest BCUT2D eigenvalue weighted by Gasteiger charge is -2.50. The standard InChI is InChI=1S/C22H28N6O/c1-25-11-16(10-24-25)15-7-22-21(5-6-23-27(22)12-15)26-13-17-3-4-18(14-26)28(17)19-8-20(9-19)29-2/h5-7,10-12,17-20H,3-4,8-9,13-14H2,1-2H3/t17-,18-,19?,20?/m0/s1. The van der Waals surface area contributed by atoms with Crippen molar-refractivity contribution in [1.29, 1.82) is 0 Å². The number of fused-ring (bicyclic) bond motifs is 3. The first-order chi connectivity index (χ1) is 14.2. The molecule has 0 spiro atoms. The van der Waals surface area contributed by atoms with Gasteiger partial charge in [-0.05, 0) is 37.8 Å². The SMILES string of the molecule is COC1CC(N2[C@H]3CC[C@H]2CN(c2ccnn4cc(-c5cnn(C)c5)cc24)C3)C1. The number of aryl methyl sites for hydroxylation is 1. The average molecular weight is 393 g/mol. The average Bonchev–Trinajstić information content (AvgIpc) is 3.37. The molecular weight excluding hydrogens is 364 g/mol. The second-order valence-electron chi connectivity index (χ2n) is 8.90. The highest BCUT2D eigenvalue weighted by atomic mass is 16.5. The minimum atomic E-state index is 0.476. The summed E-state index contributed by atoms with van der Waals surface area (Å²) in [5, 5.41) is 8.88. The third-order valence-corrected chi connectivity index (χ3v) is 7.23. The van der Waals surface area contributed by atoms with Gasteiger partial charge in [-0.2, -0.15) is 10.2 Å². The van der Waals surface area contributed by atoms with E-state index < -0.39 is 0 Å². The van der Waals surface area contributed by atoms with Crippen LogP contribution in [0, 0.1) is 0 Å². The van der Waals surface area contributed by atoms with Crippen LogP contribution in [-0.2, 0) is 11.8 Å². The Labute approximate surface area is 170 Å². The van der Waals surface area contributed by atoms with E-state index in [9.17, 15) is 0 Å². The van der Waals surface area contributed by atoms with E-state index in [0.717, 1.165) is 24.7 Å². The first-order valence-electron chi connectivity index (χ1n) is 10.7. The lowest BCUT2D eigenvalue weighted by molar-refractivity contribution is -0.0466. The van der Waals surface area contributed by atoms with Gasteiger partial charge in [-0.3, -0.25) is 9.58 Å². The predicted octanol–water partition coefficient (Wildman–Crippen LogP) is 2.57. The van der Waals surface area contributed by atoms with Crippen molar-refractivity contribution in [2.24, 2.45) is 7.05 Å². The predicted molar refractivity (Wildman–Crippen MR) is 112 cm³/mol. The number of anilines is 1. The highest BCUT2D eigenvalue weighted by Crippen LogP contribution is 2.41. The molecule has 7 nitrogen and oxygen atoms in total. The summed E-state index contributed by atoms with van der Waals surface area (Å²) in [6, 6.07) is 6.49. The van der Waals surface area contributed by atoms with Crippen LogP contribution in [0.4, 0.5) is 5.69 Å². The Bertz CT molecular complexity index is 1020. The third-order valence-electron chi connectivity index (χ3n) is 7.23. The summed E-state index contributed by atoms with van der Waals surface area (Å²) in [4.78, 5) is 5.42. The highest BCUT2D eigenvalue weighted by Gasteiger charge is 2.47. The molecule has 2 saturated heterocycles. The molecule has 0 amide bonds. The van der Waals surface area contributed by atoms with Crippen molar-refractivity contribution in [1.82, 2.24) is 24.3 Å². The van der Waals surface area contributed by atoms with E-state index in [-0.39, 0.29) is 0 Å². The maximum absolute atomic E-state index is 5.52. The van der Waals surface area contributed by atoms with Crippen LogP contribution in [-0.4, -0.2) is 68.7 Å². The first-order valence-corrected chi connectivity index (χ1v) is 10.7. The Kier molecular flexibility index (Phi) is 3.96. The Morgan fingerprint density at radius 3 is 2.48 bits per heavy atom. The van der Waals surface area contributed by atoms with E-state index in [0.29, 0.717) is 18.2 Å². The third kappa shape index (κ3) is 2.79. The van der Waals surface area contributed by atoms with Gasteiger partial charge in [0.25, 0.3) is 0 Å². The summed E-state index contributed by atoms with van der Waals surface area (Å²) in [6.07, 6.45) is 13.5. The fourth-order valence-electron chi connectivity index (χ4n) is 5.70. The molecule has 29 heavy (non-hydrogen) atoms. The van der Waals surface area contributed by atoms with Crippen LogP contribution in [0.15, 0.2) is 36.9 Å². The first kappa shape index (κ1) is 17.5. The molecule has 5 heterocycles. The molecule has 0 N–H and O–H groups in total. The zero-order valence-electron chi connectivity index (χ0n) is 17.1. The molecule has 152 valence electrons. The molecule has 6 rings (SSSR count). The number of hydrogen-bond acceptors (Lipinski definition) is 5. The number of ether oxygens (including phenoxy) is 1. The van der Waals surface area contributed by atoms with Crippen LogP contribution in [0.25, 0.3) is 16.6 Å². The van der Waals surface area contributed by atoms with Crippen molar-refractivity contribution in [3.05, 3.63) is 36.9 Å². The smallest absolute Gasteiger partial charge is 0.0886 e. The summed E-state index contributed by atoms with van der Waals surface area (Å²) in [7, 11) is 3.80. The zero-order valence-corrected chi connectivity index (χ0v) is 17.1. The monoisotopic (exact) mass is 392 g/mol. The van der Waals surface area contributed by atoms with Crippen LogP contribution < -0.4 is 4.90 Å². The van der Waals surface area contributed by atoms with Gasteiger partial charge < -0.3 is 9.64 Å². The van der Waals surface area contributed by atoms with Gasteiger partial charge in [0.05, 0.1) is 23.5 Å². The highest BCUT2D eigenvalue weighted by molar-refractivity contribution is 5.79. The Morgan fingerprint density at radius 2 is 1.79 bits per heavy atom. The zero-order chi connectivity index (χ0) is 19.5. The van der Waals surface area contributed by atoms with E-state index in [4.69, 9.17) is 4.74 Å². The lowest BCUT2D eigenvalue weighted by Crippen LogP contribution is -2.61. The Balaban J connectivity index is 1.28. The molecule has 3 aromatic heterocycles. The van der Waals surface area contributed by atoms with Crippen molar-refractivity contribution in [3.63, 3.8) is 0 Å². The van der Waals surface area contributed by atoms with Crippen molar-refractivity contribution < 1.29 is 4.74 Å². The second-order valence-corrected chi connectivity index (χ2v) is 8.90. The number of aromatic nitrogens is 4. The van der Waals surface area contributed by atoms with Crippen LogP contribution in [0.1, 0.15) is 25.7 Å². The molecule has 3 aromatic rings. The van der Waals surface area contributed by atoms with Crippen LogP contribution >= 0.6 is 0 Å².